The molecule has 1 heteroatoms. The van der Waals surface area contributed by atoms with Gasteiger partial charge in [0.2, 0.25) is 0 Å². The molecule has 0 N–H and O–H groups in total. The van der Waals surface area contributed by atoms with Crippen molar-refractivity contribution >= 4 is 31.5 Å². The van der Waals surface area contributed by atoms with Crippen molar-refractivity contribution in [2.75, 3.05) is 0 Å². The number of hydrogen-bond acceptors (Lipinski definition) is 1. The molecule has 0 spiro atoms. The Morgan fingerprint density at radius 3 is 1.33 bits per heavy atom. The second-order valence-corrected chi connectivity index (χ2v) is 12.7. The Hall–Kier alpha value is -5.24. The van der Waals surface area contributed by atoms with E-state index in [1.165, 1.54) is 75.8 Å². The highest BCUT2D eigenvalue weighted by Gasteiger charge is 2.17. The molecule has 45 heavy (non-hydrogen) atoms. The minimum atomic E-state index is 0.864. The van der Waals surface area contributed by atoms with Gasteiger partial charge in [0.05, 0.1) is 0 Å². The molecule has 7 aromatic carbocycles. The first-order valence-electron chi connectivity index (χ1n) is 15.6. The van der Waals surface area contributed by atoms with Crippen LogP contribution < -0.4 is 0 Å². The van der Waals surface area contributed by atoms with Gasteiger partial charge in [-0.3, -0.25) is 0 Å². The van der Waals surface area contributed by atoms with Crippen molar-refractivity contribution in [3.8, 4) is 33.4 Å². The number of rotatable bonds is 7. The van der Waals surface area contributed by atoms with Crippen LogP contribution in [-0.4, -0.2) is 0 Å². The predicted molar refractivity (Wildman–Crippen MR) is 194 cm³/mol. The summed E-state index contributed by atoms with van der Waals surface area (Å²) in [6.45, 7) is 0. The quantitative estimate of drug-likeness (QED) is 0.173. The molecule has 0 nitrogen and oxygen atoms in total. The summed E-state index contributed by atoms with van der Waals surface area (Å²) in [4.78, 5) is 0. The summed E-state index contributed by atoms with van der Waals surface area (Å²) in [6.07, 6.45) is 1.78. The van der Waals surface area contributed by atoms with Gasteiger partial charge in [-0.1, -0.05) is 170 Å². The second kappa shape index (κ2) is 12.0. The highest BCUT2D eigenvalue weighted by atomic mass is 32.1. The Bertz CT molecular complexity index is 2260. The molecule has 0 saturated heterocycles. The van der Waals surface area contributed by atoms with Gasteiger partial charge in [0.25, 0.3) is 0 Å². The van der Waals surface area contributed by atoms with Crippen molar-refractivity contribution in [2.24, 2.45) is 0 Å². The van der Waals surface area contributed by atoms with Gasteiger partial charge in [-0.2, -0.15) is 0 Å². The van der Waals surface area contributed by atoms with Crippen LogP contribution in [0.5, 0.6) is 0 Å². The first-order valence-corrected chi connectivity index (χ1v) is 16.4. The van der Waals surface area contributed by atoms with E-state index in [4.69, 9.17) is 0 Å². The van der Waals surface area contributed by atoms with Crippen LogP contribution in [0.1, 0.15) is 22.3 Å². The molecule has 0 radical (unpaired) electrons. The van der Waals surface area contributed by atoms with Gasteiger partial charge in [0.15, 0.2) is 0 Å². The summed E-state index contributed by atoms with van der Waals surface area (Å²) in [7, 11) is 0. The molecular formula is C44H32S. The average molecular weight is 593 g/mol. The molecule has 1 heterocycles. The zero-order valence-corrected chi connectivity index (χ0v) is 25.8. The summed E-state index contributed by atoms with van der Waals surface area (Å²) in [5.74, 6) is 0. The maximum atomic E-state index is 2.31. The molecule has 0 fully saturated rings. The van der Waals surface area contributed by atoms with Crippen molar-refractivity contribution in [1.29, 1.82) is 0 Å². The molecule has 0 atom stereocenters. The lowest BCUT2D eigenvalue weighted by Gasteiger charge is -2.16. The number of hydrogen-bond donors (Lipinski definition) is 0. The van der Waals surface area contributed by atoms with Gasteiger partial charge < -0.3 is 0 Å². The van der Waals surface area contributed by atoms with Crippen molar-refractivity contribution in [3.05, 3.63) is 192 Å². The highest BCUT2D eigenvalue weighted by molar-refractivity contribution is 7.26. The fourth-order valence-corrected chi connectivity index (χ4v) is 8.07. The standard InChI is InChI=1S/C44H32S/c1-3-15-31(16-4-1)29-33-19-7-10-22-36(33)37-23-11-8-20-34(37)30-35-21-9-12-24-38(35)40-26-14-28-42-41-27-13-25-39(43(41)45-44(40)42)32-17-5-2-6-18-32/h1-28H,29-30H2. The zero-order chi connectivity index (χ0) is 30.0. The Morgan fingerprint density at radius 2 is 0.733 bits per heavy atom. The minimum absolute atomic E-state index is 0.864. The van der Waals surface area contributed by atoms with E-state index in [-0.39, 0.29) is 0 Å². The van der Waals surface area contributed by atoms with Crippen molar-refractivity contribution in [3.63, 3.8) is 0 Å². The van der Waals surface area contributed by atoms with Gasteiger partial charge in [0.1, 0.15) is 0 Å². The predicted octanol–water partition coefficient (Wildman–Crippen LogP) is 12.2. The third kappa shape index (κ3) is 5.26. The Kier molecular flexibility index (Phi) is 7.31. The smallest absolute Gasteiger partial charge is 0.0434 e. The molecule has 0 aliphatic heterocycles. The van der Waals surface area contributed by atoms with Crippen molar-refractivity contribution in [2.45, 2.75) is 12.8 Å². The van der Waals surface area contributed by atoms with Gasteiger partial charge in [-0.05, 0) is 68.5 Å². The third-order valence-corrected chi connectivity index (χ3v) is 10.1. The summed E-state index contributed by atoms with van der Waals surface area (Å²) >= 11 is 1.92. The fourth-order valence-electron chi connectivity index (χ4n) is 6.71. The molecule has 0 bridgehead atoms. The maximum Gasteiger partial charge on any atom is 0.0434 e. The van der Waals surface area contributed by atoms with Crippen molar-refractivity contribution in [1.82, 2.24) is 0 Å². The number of benzene rings is 7. The Labute approximate surface area is 268 Å². The van der Waals surface area contributed by atoms with Gasteiger partial charge in [-0.15, -0.1) is 11.3 Å². The van der Waals surface area contributed by atoms with Crippen LogP contribution in [0, 0.1) is 0 Å². The van der Waals surface area contributed by atoms with Gasteiger partial charge in [0, 0.05) is 20.2 Å². The summed E-state index contributed by atoms with van der Waals surface area (Å²) in [5, 5.41) is 2.66. The molecular weight excluding hydrogens is 561 g/mol. The van der Waals surface area contributed by atoms with Crippen LogP contribution in [0.2, 0.25) is 0 Å². The number of fused-ring (bicyclic) bond motifs is 3. The van der Waals surface area contributed by atoms with E-state index in [0.717, 1.165) is 12.8 Å². The molecule has 0 saturated carbocycles. The first kappa shape index (κ1) is 27.3. The largest absolute Gasteiger partial charge is 0.134 e. The van der Waals surface area contributed by atoms with E-state index in [1.807, 2.05) is 11.3 Å². The van der Waals surface area contributed by atoms with Crippen LogP contribution in [-0.2, 0) is 12.8 Å². The van der Waals surface area contributed by atoms with E-state index in [0.29, 0.717) is 0 Å². The molecule has 0 amide bonds. The average Bonchev–Trinajstić information content (AvgIpc) is 3.49. The summed E-state index contributed by atoms with van der Waals surface area (Å²) in [5.41, 5.74) is 13.2. The first-order chi connectivity index (χ1) is 22.3. The maximum absolute atomic E-state index is 2.31. The molecule has 1 aromatic heterocycles. The molecule has 0 aliphatic carbocycles. The van der Waals surface area contributed by atoms with Crippen LogP contribution in [0.25, 0.3) is 53.6 Å². The number of thiophene rings is 1. The van der Waals surface area contributed by atoms with E-state index in [2.05, 4.69) is 170 Å². The molecule has 0 aliphatic rings. The second-order valence-electron chi connectivity index (χ2n) is 11.6. The molecule has 0 unspecified atom stereocenters. The highest BCUT2D eigenvalue weighted by Crippen LogP contribution is 2.44. The molecule has 214 valence electrons. The molecule has 8 rings (SSSR count). The third-order valence-electron chi connectivity index (χ3n) is 8.86. The van der Waals surface area contributed by atoms with Crippen LogP contribution >= 0.6 is 11.3 Å². The Morgan fingerprint density at radius 1 is 0.311 bits per heavy atom. The monoisotopic (exact) mass is 592 g/mol. The topological polar surface area (TPSA) is 0 Å². The zero-order valence-electron chi connectivity index (χ0n) is 25.0. The lowest BCUT2D eigenvalue weighted by Crippen LogP contribution is -1.98. The lowest BCUT2D eigenvalue weighted by atomic mass is 9.88. The van der Waals surface area contributed by atoms with Gasteiger partial charge >= 0.3 is 0 Å². The lowest BCUT2D eigenvalue weighted by molar-refractivity contribution is 1.17. The van der Waals surface area contributed by atoms with Crippen LogP contribution in [0.4, 0.5) is 0 Å². The van der Waals surface area contributed by atoms with E-state index < -0.39 is 0 Å². The Balaban J connectivity index is 1.22. The van der Waals surface area contributed by atoms with Crippen molar-refractivity contribution < 1.29 is 0 Å². The normalized spacial score (nSPS) is 11.3. The fraction of sp³-hybridized carbons (Fsp3) is 0.0455. The summed E-state index contributed by atoms with van der Waals surface area (Å²) < 4.78 is 2.70. The van der Waals surface area contributed by atoms with Crippen LogP contribution in [0.3, 0.4) is 0 Å². The molecule has 8 aromatic rings. The SMILES string of the molecule is c1ccc(Cc2ccccc2-c2ccccc2Cc2ccccc2-c2cccc3c2sc2c(-c4ccccc4)cccc23)cc1. The van der Waals surface area contributed by atoms with E-state index >= 15 is 0 Å². The van der Waals surface area contributed by atoms with E-state index in [9.17, 15) is 0 Å². The van der Waals surface area contributed by atoms with Gasteiger partial charge in [-0.25, -0.2) is 0 Å². The summed E-state index contributed by atoms with van der Waals surface area (Å²) in [6, 6.07) is 61.9. The minimum Gasteiger partial charge on any atom is -0.134 e. The van der Waals surface area contributed by atoms with Crippen LogP contribution in [0.15, 0.2) is 170 Å². The van der Waals surface area contributed by atoms with E-state index in [1.54, 1.807) is 0 Å².